The number of carboxylic acid groups (broad SMARTS) is 1. The van der Waals surface area contributed by atoms with Crippen LogP contribution in [0.1, 0.15) is 6.92 Å². The topological polar surface area (TPSA) is 37.3 Å². The molecule has 0 radical (unpaired) electrons. The molecule has 0 aromatic carbocycles. The van der Waals surface area contributed by atoms with Crippen LogP contribution >= 0.6 is 11.6 Å². The zero-order valence-electron chi connectivity index (χ0n) is 6.38. The Kier molecular flexibility index (Phi) is 4.62. The minimum absolute atomic E-state index is 0.236. The van der Waals surface area contributed by atoms with Gasteiger partial charge in [0.05, 0.1) is 5.92 Å². The lowest BCUT2D eigenvalue weighted by atomic mass is 10.0. The molecule has 3 heteroatoms. The summed E-state index contributed by atoms with van der Waals surface area (Å²) in [5.74, 6) is -1.31. The van der Waals surface area contributed by atoms with Crippen molar-refractivity contribution in [2.24, 2.45) is 5.92 Å². The monoisotopic (exact) mass is 174 g/mol. The van der Waals surface area contributed by atoms with E-state index in [1.165, 1.54) is 6.08 Å². The zero-order valence-corrected chi connectivity index (χ0v) is 7.14. The summed E-state index contributed by atoms with van der Waals surface area (Å²) in [6.45, 7) is 5.18. The lowest BCUT2D eigenvalue weighted by molar-refractivity contribution is -0.138. The smallest absolute Gasteiger partial charge is 0.314 e. The van der Waals surface area contributed by atoms with Gasteiger partial charge in [-0.15, -0.1) is 18.2 Å². The first kappa shape index (κ1) is 10.2. The second-order valence-corrected chi connectivity index (χ2v) is 2.32. The second kappa shape index (κ2) is 4.97. The van der Waals surface area contributed by atoms with Crippen LogP contribution in [0.15, 0.2) is 24.3 Å². The maximum Gasteiger partial charge on any atom is 0.314 e. The fourth-order valence-electron chi connectivity index (χ4n) is 0.751. The third kappa shape index (κ3) is 2.76. The van der Waals surface area contributed by atoms with Gasteiger partial charge < -0.3 is 5.11 Å². The number of hydrogen-bond donors (Lipinski definition) is 1. The Morgan fingerprint density at radius 1 is 1.82 bits per heavy atom. The molecule has 0 aromatic rings. The van der Waals surface area contributed by atoms with E-state index in [0.29, 0.717) is 5.57 Å². The molecule has 0 bridgehead atoms. The van der Waals surface area contributed by atoms with E-state index in [0.717, 1.165) is 0 Å². The van der Waals surface area contributed by atoms with Gasteiger partial charge in [-0.05, 0) is 12.5 Å². The maximum absolute atomic E-state index is 10.5. The fourth-order valence-corrected chi connectivity index (χ4v) is 1.07. The van der Waals surface area contributed by atoms with Gasteiger partial charge in [0, 0.05) is 5.88 Å². The minimum Gasteiger partial charge on any atom is -0.481 e. The van der Waals surface area contributed by atoms with E-state index in [1.54, 1.807) is 13.0 Å². The van der Waals surface area contributed by atoms with Crippen LogP contribution in [0.2, 0.25) is 0 Å². The van der Waals surface area contributed by atoms with Gasteiger partial charge in [0.25, 0.3) is 0 Å². The molecule has 0 spiro atoms. The minimum atomic E-state index is -0.909. The fraction of sp³-hybridized carbons (Fsp3) is 0.375. The third-order valence-corrected chi connectivity index (χ3v) is 1.73. The first-order valence-electron chi connectivity index (χ1n) is 3.23. The first-order valence-corrected chi connectivity index (χ1v) is 3.77. The molecule has 0 aliphatic carbocycles. The number of hydrogen-bond acceptors (Lipinski definition) is 1. The van der Waals surface area contributed by atoms with Crippen LogP contribution in [-0.2, 0) is 4.79 Å². The highest BCUT2D eigenvalue weighted by molar-refractivity contribution is 6.19. The predicted octanol–water partition coefficient (Wildman–Crippen LogP) is 2.06. The molecule has 0 fully saturated rings. The van der Waals surface area contributed by atoms with Gasteiger partial charge in [0.1, 0.15) is 0 Å². The van der Waals surface area contributed by atoms with Crippen LogP contribution in [0.4, 0.5) is 0 Å². The highest BCUT2D eigenvalue weighted by atomic mass is 35.5. The van der Waals surface area contributed by atoms with Crippen molar-refractivity contribution in [1.29, 1.82) is 0 Å². The average Bonchev–Trinajstić information content (AvgIpc) is 1.99. The summed E-state index contributed by atoms with van der Waals surface area (Å²) in [6.07, 6.45) is 3.08. The third-order valence-electron chi connectivity index (χ3n) is 1.43. The van der Waals surface area contributed by atoms with Gasteiger partial charge in [-0.3, -0.25) is 4.79 Å². The average molecular weight is 175 g/mol. The van der Waals surface area contributed by atoms with Crippen LogP contribution in [0.5, 0.6) is 0 Å². The van der Waals surface area contributed by atoms with Crippen LogP contribution in [0, 0.1) is 5.92 Å². The highest BCUT2D eigenvalue weighted by Gasteiger charge is 2.16. The quantitative estimate of drug-likeness (QED) is 0.523. The van der Waals surface area contributed by atoms with E-state index < -0.39 is 11.9 Å². The van der Waals surface area contributed by atoms with Gasteiger partial charge in [0.2, 0.25) is 0 Å². The van der Waals surface area contributed by atoms with Gasteiger partial charge in [0.15, 0.2) is 0 Å². The lowest BCUT2D eigenvalue weighted by Crippen LogP contribution is -2.14. The molecule has 0 aliphatic rings. The molecule has 1 unspecified atom stereocenters. The summed E-state index contributed by atoms with van der Waals surface area (Å²) in [5, 5.41) is 8.64. The molecule has 0 amide bonds. The number of halogens is 1. The van der Waals surface area contributed by atoms with E-state index in [-0.39, 0.29) is 5.88 Å². The number of rotatable bonds is 4. The molecule has 0 aromatic heterocycles. The molecule has 11 heavy (non-hydrogen) atoms. The van der Waals surface area contributed by atoms with E-state index >= 15 is 0 Å². The Morgan fingerprint density at radius 3 is 2.45 bits per heavy atom. The molecule has 0 saturated heterocycles. The first-order chi connectivity index (χ1) is 5.17. The van der Waals surface area contributed by atoms with E-state index in [4.69, 9.17) is 16.7 Å². The van der Waals surface area contributed by atoms with Crippen molar-refractivity contribution in [1.82, 2.24) is 0 Å². The molecule has 0 saturated carbocycles. The number of alkyl halides is 1. The van der Waals surface area contributed by atoms with Crippen molar-refractivity contribution in [3.8, 4) is 0 Å². The highest BCUT2D eigenvalue weighted by Crippen LogP contribution is 2.13. The Morgan fingerprint density at radius 2 is 2.36 bits per heavy atom. The van der Waals surface area contributed by atoms with Crippen LogP contribution in [-0.4, -0.2) is 17.0 Å². The van der Waals surface area contributed by atoms with Crippen molar-refractivity contribution in [3.05, 3.63) is 24.3 Å². The SMILES string of the molecule is C=CC(C(=O)O)C(=CC)CCl. The van der Waals surface area contributed by atoms with Crippen molar-refractivity contribution < 1.29 is 9.90 Å². The second-order valence-electron chi connectivity index (χ2n) is 2.05. The Balaban J connectivity index is 4.48. The molecular formula is C8H11ClO2. The molecule has 0 heterocycles. The van der Waals surface area contributed by atoms with Gasteiger partial charge >= 0.3 is 5.97 Å². The van der Waals surface area contributed by atoms with Crippen molar-refractivity contribution in [2.75, 3.05) is 5.88 Å². The standard InChI is InChI=1S/C8H11ClO2/c1-3-6(5-9)7(4-2)8(10)11/h3-4,7H,2,5H2,1H3,(H,10,11). The van der Waals surface area contributed by atoms with Crippen LogP contribution in [0.3, 0.4) is 0 Å². The summed E-state index contributed by atoms with van der Waals surface area (Å²) in [5.41, 5.74) is 0.675. The van der Waals surface area contributed by atoms with Gasteiger partial charge in [-0.2, -0.15) is 0 Å². The Labute approximate surface area is 71.2 Å². The van der Waals surface area contributed by atoms with Crippen molar-refractivity contribution in [2.45, 2.75) is 6.92 Å². The molecular weight excluding hydrogens is 164 g/mol. The van der Waals surface area contributed by atoms with E-state index in [1.807, 2.05) is 0 Å². The van der Waals surface area contributed by atoms with Gasteiger partial charge in [-0.1, -0.05) is 12.2 Å². The maximum atomic E-state index is 10.5. The summed E-state index contributed by atoms with van der Waals surface area (Å²) in [7, 11) is 0. The number of carbonyl (C=O) groups is 1. The Bertz CT molecular complexity index is 185. The zero-order chi connectivity index (χ0) is 8.85. The Hall–Kier alpha value is -0.760. The lowest BCUT2D eigenvalue weighted by Gasteiger charge is -2.07. The number of aliphatic carboxylic acids is 1. The molecule has 1 atom stereocenters. The summed E-state index contributed by atoms with van der Waals surface area (Å²) in [6, 6.07) is 0. The summed E-state index contributed by atoms with van der Waals surface area (Å²) >= 11 is 5.51. The molecule has 62 valence electrons. The molecule has 0 rings (SSSR count). The van der Waals surface area contributed by atoms with E-state index in [9.17, 15) is 4.79 Å². The largest absolute Gasteiger partial charge is 0.481 e. The van der Waals surface area contributed by atoms with Crippen LogP contribution in [0.25, 0.3) is 0 Å². The number of carboxylic acids is 1. The molecule has 2 nitrogen and oxygen atoms in total. The normalized spacial score (nSPS) is 14.2. The van der Waals surface area contributed by atoms with Crippen LogP contribution < -0.4 is 0 Å². The van der Waals surface area contributed by atoms with Crippen molar-refractivity contribution >= 4 is 17.6 Å². The predicted molar refractivity (Wildman–Crippen MR) is 45.8 cm³/mol. The van der Waals surface area contributed by atoms with Gasteiger partial charge in [-0.25, -0.2) is 0 Å². The van der Waals surface area contributed by atoms with E-state index in [2.05, 4.69) is 6.58 Å². The summed E-state index contributed by atoms with van der Waals surface area (Å²) in [4.78, 5) is 10.5. The molecule has 1 N–H and O–H groups in total. The molecule has 0 aliphatic heterocycles. The van der Waals surface area contributed by atoms with Crippen molar-refractivity contribution in [3.63, 3.8) is 0 Å². The number of allylic oxidation sites excluding steroid dienone is 1. The summed E-state index contributed by atoms with van der Waals surface area (Å²) < 4.78 is 0.